The Hall–Kier alpha value is -4.64. The third kappa shape index (κ3) is 4.64. The van der Waals surface area contributed by atoms with Crippen molar-refractivity contribution in [1.29, 1.82) is 0 Å². The van der Waals surface area contributed by atoms with Gasteiger partial charge in [0.15, 0.2) is 23.1 Å². The molecule has 5 nitrogen and oxygen atoms in total. The van der Waals surface area contributed by atoms with Crippen LogP contribution in [0.5, 0.6) is 0 Å². The Bertz CT molecular complexity index is 1660. The van der Waals surface area contributed by atoms with Gasteiger partial charge in [-0.15, -0.1) is 0 Å². The van der Waals surface area contributed by atoms with Gasteiger partial charge in [0.25, 0.3) is 0 Å². The van der Waals surface area contributed by atoms with Crippen LogP contribution in [-0.2, 0) is 5.41 Å². The number of benzene rings is 4. The number of nitrogens with zero attached hydrogens (tertiary/aromatic N) is 4. The summed E-state index contributed by atoms with van der Waals surface area (Å²) in [4.78, 5) is 19.3. The lowest BCUT2D eigenvalue weighted by Gasteiger charge is -2.19. The Morgan fingerprint density at radius 2 is 1.08 bits per heavy atom. The molecule has 0 atom stereocenters. The minimum Gasteiger partial charge on any atom is -0.436 e. The predicted octanol–water partition coefficient (Wildman–Crippen LogP) is 7.98. The molecule has 5 heteroatoms. The number of rotatable bonds is 4. The van der Waals surface area contributed by atoms with E-state index in [0.29, 0.717) is 23.4 Å². The molecule has 0 radical (unpaired) electrons. The molecule has 0 bridgehead atoms. The van der Waals surface area contributed by atoms with Crippen LogP contribution in [0.1, 0.15) is 26.3 Å². The maximum absolute atomic E-state index is 6.01. The van der Waals surface area contributed by atoms with Crippen LogP contribution in [0.3, 0.4) is 0 Å². The summed E-state index contributed by atoms with van der Waals surface area (Å²) in [6, 6.07) is 34.2. The lowest BCUT2D eigenvalue weighted by Crippen LogP contribution is -2.10. The molecule has 0 N–H and O–H groups in total. The summed E-state index contributed by atoms with van der Waals surface area (Å²) < 4.78 is 6.01. The average Bonchev–Trinajstić information content (AvgIpc) is 3.38. The molecule has 0 amide bonds. The number of para-hydroxylation sites is 2. The molecule has 0 aliphatic carbocycles. The Morgan fingerprint density at radius 1 is 0.514 bits per heavy atom. The Labute approximate surface area is 215 Å². The van der Waals surface area contributed by atoms with Crippen molar-refractivity contribution in [1.82, 2.24) is 19.9 Å². The van der Waals surface area contributed by atoms with E-state index in [2.05, 4.69) is 50.0 Å². The summed E-state index contributed by atoms with van der Waals surface area (Å²) in [5, 5.41) is 0. The topological polar surface area (TPSA) is 64.7 Å². The quantitative estimate of drug-likeness (QED) is 0.255. The summed E-state index contributed by atoms with van der Waals surface area (Å²) in [7, 11) is 0. The molecule has 2 aromatic heterocycles. The molecule has 180 valence electrons. The molecular weight excluding hydrogens is 456 g/mol. The normalized spacial score (nSPS) is 11.6. The zero-order valence-electron chi connectivity index (χ0n) is 21.0. The summed E-state index contributed by atoms with van der Waals surface area (Å²) in [6.07, 6.45) is 0. The molecule has 6 rings (SSSR count). The minimum atomic E-state index is 0.0725. The minimum absolute atomic E-state index is 0.0725. The van der Waals surface area contributed by atoms with Crippen LogP contribution >= 0.6 is 0 Å². The first-order valence-electron chi connectivity index (χ1n) is 12.3. The van der Waals surface area contributed by atoms with Crippen LogP contribution in [-0.4, -0.2) is 19.9 Å². The number of fused-ring (bicyclic) bond motifs is 1. The Morgan fingerprint density at radius 3 is 1.76 bits per heavy atom. The maximum Gasteiger partial charge on any atom is 0.227 e. The van der Waals surface area contributed by atoms with Crippen molar-refractivity contribution in [2.45, 2.75) is 26.2 Å². The van der Waals surface area contributed by atoms with E-state index in [0.717, 1.165) is 33.4 Å². The highest BCUT2D eigenvalue weighted by atomic mass is 16.3. The van der Waals surface area contributed by atoms with E-state index in [-0.39, 0.29) is 5.41 Å². The van der Waals surface area contributed by atoms with E-state index in [9.17, 15) is 0 Å². The lowest BCUT2D eigenvalue weighted by molar-refractivity contribution is 0.590. The van der Waals surface area contributed by atoms with Crippen molar-refractivity contribution in [3.8, 4) is 45.6 Å². The molecule has 37 heavy (non-hydrogen) atoms. The highest BCUT2D eigenvalue weighted by molar-refractivity contribution is 5.77. The van der Waals surface area contributed by atoms with Gasteiger partial charge in [0.05, 0.1) is 0 Å². The van der Waals surface area contributed by atoms with Crippen molar-refractivity contribution in [2.75, 3.05) is 0 Å². The van der Waals surface area contributed by atoms with Crippen molar-refractivity contribution < 1.29 is 4.42 Å². The zero-order chi connectivity index (χ0) is 25.4. The molecule has 0 saturated carbocycles. The molecule has 0 spiro atoms. The zero-order valence-corrected chi connectivity index (χ0v) is 21.0. The van der Waals surface area contributed by atoms with Gasteiger partial charge < -0.3 is 4.42 Å². The molecule has 0 fully saturated rings. The van der Waals surface area contributed by atoms with E-state index < -0.39 is 0 Å². The second kappa shape index (κ2) is 9.10. The van der Waals surface area contributed by atoms with E-state index in [1.54, 1.807) is 0 Å². The van der Waals surface area contributed by atoms with Gasteiger partial charge in [-0.2, -0.15) is 0 Å². The SMILES string of the molecule is CC(C)(C)c1ccc(-c2nc(-c3ccccc3)nc(-c3cccc(-c4nc5ccccc5o4)c3)n2)cc1. The summed E-state index contributed by atoms with van der Waals surface area (Å²) in [6.45, 7) is 6.63. The van der Waals surface area contributed by atoms with Gasteiger partial charge >= 0.3 is 0 Å². The van der Waals surface area contributed by atoms with Crippen LogP contribution < -0.4 is 0 Å². The third-order valence-corrected chi connectivity index (χ3v) is 6.34. The smallest absolute Gasteiger partial charge is 0.227 e. The average molecular weight is 483 g/mol. The van der Waals surface area contributed by atoms with Crippen LogP contribution in [0.25, 0.3) is 56.7 Å². The molecular formula is C32H26N4O. The lowest BCUT2D eigenvalue weighted by atomic mass is 9.87. The summed E-state index contributed by atoms with van der Waals surface area (Å²) in [5.74, 6) is 2.43. The van der Waals surface area contributed by atoms with Crippen molar-refractivity contribution in [3.05, 3.63) is 109 Å². The predicted molar refractivity (Wildman–Crippen MR) is 148 cm³/mol. The molecule has 6 aromatic rings. The van der Waals surface area contributed by atoms with Gasteiger partial charge in [0, 0.05) is 22.3 Å². The van der Waals surface area contributed by atoms with Gasteiger partial charge in [-0.25, -0.2) is 19.9 Å². The first-order chi connectivity index (χ1) is 17.9. The Balaban J connectivity index is 1.46. The van der Waals surface area contributed by atoms with Crippen molar-refractivity contribution in [3.63, 3.8) is 0 Å². The molecule has 2 heterocycles. The molecule has 0 aliphatic rings. The standard InChI is InChI=1S/C32H26N4O/c1-32(2,3)25-18-16-22(17-19-25)29-34-28(21-10-5-4-6-11-21)35-30(36-29)23-12-9-13-24(20-23)31-33-26-14-7-8-15-27(26)37-31/h4-20H,1-3H3. The second-order valence-corrected chi connectivity index (χ2v) is 10.1. The van der Waals surface area contributed by atoms with Crippen LogP contribution in [0.4, 0.5) is 0 Å². The first kappa shape index (κ1) is 22.8. The van der Waals surface area contributed by atoms with Gasteiger partial charge in [-0.05, 0) is 35.2 Å². The molecule has 4 aromatic carbocycles. The largest absolute Gasteiger partial charge is 0.436 e. The monoisotopic (exact) mass is 482 g/mol. The van der Waals surface area contributed by atoms with Crippen LogP contribution in [0, 0.1) is 0 Å². The molecule has 0 unspecified atom stereocenters. The van der Waals surface area contributed by atoms with Gasteiger partial charge in [0.1, 0.15) is 5.52 Å². The second-order valence-electron chi connectivity index (χ2n) is 10.1. The summed E-state index contributed by atoms with van der Waals surface area (Å²) >= 11 is 0. The van der Waals surface area contributed by atoms with E-state index in [1.807, 2.05) is 78.9 Å². The highest BCUT2D eigenvalue weighted by Gasteiger charge is 2.16. The van der Waals surface area contributed by atoms with E-state index >= 15 is 0 Å². The highest BCUT2D eigenvalue weighted by Crippen LogP contribution is 2.30. The van der Waals surface area contributed by atoms with E-state index in [4.69, 9.17) is 19.4 Å². The van der Waals surface area contributed by atoms with Gasteiger partial charge in [0.2, 0.25) is 5.89 Å². The fourth-order valence-electron chi connectivity index (χ4n) is 4.26. The number of oxazole rings is 1. The maximum atomic E-state index is 6.01. The van der Waals surface area contributed by atoms with Gasteiger partial charge in [-0.1, -0.05) is 99.6 Å². The van der Waals surface area contributed by atoms with Crippen LogP contribution in [0.2, 0.25) is 0 Å². The van der Waals surface area contributed by atoms with Crippen molar-refractivity contribution >= 4 is 11.1 Å². The first-order valence-corrected chi connectivity index (χ1v) is 12.3. The van der Waals surface area contributed by atoms with Crippen LogP contribution in [0.15, 0.2) is 108 Å². The number of hydrogen-bond acceptors (Lipinski definition) is 5. The number of hydrogen-bond donors (Lipinski definition) is 0. The molecule has 0 aliphatic heterocycles. The number of aromatic nitrogens is 4. The van der Waals surface area contributed by atoms with Crippen molar-refractivity contribution in [2.24, 2.45) is 0 Å². The fourth-order valence-corrected chi connectivity index (χ4v) is 4.26. The van der Waals surface area contributed by atoms with Gasteiger partial charge in [-0.3, -0.25) is 0 Å². The fraction of sp³-hybridized carbons (Fsp3) is 0.125. The molecule has 0 saturated heterocycles. The Kier molecular flexibility index (Phi) is 5.61. The third-order valence-electron chi connectivity index (χ3n) is 6.34. The summed E-state index contributed by atoms with van der Waals surface area (Å²) in [5.41, 5.74) is 6.55. The van der Waals surface area contributed by atoms with E-state index in [1.165, 1.54) is 5.56 Å².